The molecule has 3 aliphatic heterocycles. The summed E-state index contributed by atoms with van der Waals surface area (Å²) in [6.07, 6.45) is 0. The lowest BCUT2D eigenvalue weighted by Gasteiger charge is -2.57. The molecule has 3 rings (SSSR count). The van der Waals surface area contributed by atoms with E-state index in [2.05, 4.69) is 81.6 Å². The smallest absolute Gasteiger partial charge is 0.120 e. The van der Waals surface area contributed by atoms with Crippen LogP contribution in [-0.2, 0) is 0 Å². The third kappa shape index (κ3) is 3.93. The van der Waals surface area contributed by atoms with Crippen molar-refractivity contribution in [1.29, 1.82) is 0 Å². The van der Waals surface area contributed by atoms with Gasteiger partial charge in [0.2, 0.25) is 0 Å². The van der Waals surface area contributed by atoms with Crippen molar-refractivity contribution in [3.63, 3.8) is 0 Å². The van der Waals surface area contributed by atoms with Crippen molar-refractivity contribution >= 4 is 8.37 Å². The fourth-order valence-electron chi connectivity index (χ4n) is 4.36. The Morgan fingerprint density at radius 2 is 0.870 bits per heavy atom. The molecule has 0 amide bonds. The number of hydrogen-bond acceptors (Lipinski definition) is 4. The molecular weight excluding hydrogens is 303 g/mol. The summed E-state index contributed by atoms with van der Waals surface area (Å²) in [7, 11) is 6.70. The molecule has 0 spiro atoms. The van der Waals surface area contributed by atoms with E-state index in [4.69, 9.17) is 0 Å². The lowest BCUT2D eigenvalue weighted by molar-refractivity contribution is 0.0621. The maximum absolute atomic E-state index is 2.76. The van der Waals surface area contributed by atoms with E-state index in [-0.39, 0.29) is 0 Å². The molecule has 136 valence electrons. The Bertz CT molecular complexity index is 330. The standard InChI is InChI=1S/C18H39N4P/c1-13(2)16-10-22-11-17(14(3)4)20(8)23(19(16)7)21(9)18(12-22)15(5)6/h13-18H,10-12H2,1-9H3/t16-,17-,18-/m1/s1. The van der Waals surface area contributed by atoms with Gasteiger partial charge in [-0.1, -0.05) is 41.5 Å². The van der Waals surface area contributed by atoms with Crippen LogP contribution in [0.2, 0.25) is 0 Å². The molecule has 3 atom stereocenters. The summed E-state index contributed by atoms with van der Waals surface area (Å²) in [4.78, 5) is 2.76. The van der Waals surface area contributed by atoms with Crippen LogP contribution in [0.3, 0.4) is 0 Å². The quantitative estimate of drug-likeness (QED) is 0.729. The van der Waals surface area contributed by atoms with Crippen molar-refractivity contribution in [2.75, 3.05) is 40.8 Å². The lowest BCUT2D eigenvalue weighted by Crippen LogP contribution is -2.62. The first-order valence-electron chi connectivity index (χ1n) is 9.35. The van der Waals surface area contributed by atoms with E-state index in [0.717, 1.165) is 0 Å². The second kappa shape index (κ2) is 7.66. The Hall–Kier alpha value is 0.270. The molecule has 3 fully saturated rings. The minimum Gasteiger partial charge on any atom is -0.299 e. The highest BCUT2D eigenvalue weighted by atomic mass is 31.2. The number of likely N-dealkylation sites (N-methyl/N-ethyl adjacent to an activating group) is 3. The van der Waals surface area contributed by atoms with Gasteiger partial charge in [0.05, 0.1) is 0 Å². The molecule has 2 bridgehead atoms. The van der Waals surface area contributed by atoms with E-state index in [0.29, 0.717) is 35.9 Å². The first-order valence-corrected chi connectivity index (χ1v) is 10.6. The van der Waals surface area contributed by atoms with Gasteiger partial charge in [0.15, 0.2) is 0 Å². The van der Waals surface area contributed by atoms with Crippen molar-refractivity contribution in [2.45, 2.75) is 59.7 Å². The number of rotatable bonds is 3. The molecule has 0 unspecified atom stereocenters. The molecule has 3 heterocycles. The Balaban J connectivity index is 2.44. The van der Waals surface area contributed by atoms with Crippen LogP contribution in [0.5, 0.6) is 0 Å². The first kappa shape index (κ1) is 19.6. The van der Waals surface area contributed by atoms with Gasteiger partial charge in [-0.3, -0.25) is 18.9 Å². The van der Waals surface area contributed by atoms with Crippen LogP contribution >= 0.6 is 8.37 Å². The van der Waals surface area contributed by atoms with Crippen molar-refractivity contribution < 1.29 is 0 Å². The van der Waals surface area contributed by atoms with Gasteiger partial charge in [0, 0.05) is 37.8 Å². The van der Waals surface area contributed by atoms with Crippen LogP contribution in [-0.4, -0.2) is 77.8 Å². The number of fused-ring (bicyclic) bond motifs is 6. The van der Waals surface area contributed by atoms with E-state index in [9.17, 15) is 0 Å². The van der Waals surface area contributed by atoms with Gasteiger partial charge in [-0.25, -0.2) is 0 Å². The maximum atomic E-state index is 2.76. The van der Waals surface area contributed by atoms with Crippen molar-refractivity contribution in [3.8, 4) is 0 Å². The maximum Gasteiger partial charge on any atom is 0.120 e. The third-order valence-corrected chi connectivity index (χ3v) is 8.51. The summed E-state index contributed by atoms with van der Waals surface area (Å²) in [5, 5.41) is 0. The van der Waals surface area contributed by atoms with Gasteiger partial charge >= 0.3 is 0 Å². The lowest BCUT2D eigenvalue weighted by atomic mass is 9.98. The third-order valence-electron chi connectivity index (χ3n) is 5.93. The minimum absolute atomic E-state index is 0.403. The van der Waals surface area contributed by atoms with E-state index >= 15 is 0 Å². The Kier molecular flexibility index (Phi) is 6.52. The number of nitrogens with zero attached hydrogens (tertiary/aromatic N) is 4. The van der Waals surface area contributed by atoms with E-state index in [1.54, 1.807) is 0 Å². The molecule has 4 nitrogen and oxygen atoms in total. The number of hydrogen-bond donors (Lipinski definition) is 0. The summed E-state index contributed by atoms with van der Waals surface area (Å²) in [6, 6.07) is 1.94. The zero-order chi connectivity index (χ0) is 17.5. The highest BCUT2D eigenvalue weighted by Crippen LogP contribution is 2.53. The van der Waals surface area contributed by atoms with Crippen molar-refractivity contribution in [1.82, 2.24) is 18.9 Å². The van der Waals surface area contributed by atoms with Crippen LogP contribution in [0.1, 0.15) is 41.5 Å². The summed E-state index contributed by atoms with van der Waals surface area (Å²) >= 11 is 0. The highest BCUT2D eigenvalue weighted by Gasteiger charge is 2.44. The normalized spacial score (nSPS) is 38.3. The second-order valence-electron chi connectivity index (χ2n) is 8.64. The molecule has 0 saturated carbocycles. The first-order chi connectivity index (χ1) is 10.6. The van der Waals surface area contributed by atoms with Gasteiger partial charge < -0.3 is 0 Å². The zero-order valence-electron chi connectivity index (χ0n) is 16.8. The van der Waals surface area contributed by atoms with Crippen molar-refractivity contribution in [3.05, 3.63) is 0 Å². The molecular formula is C18H39N4P. The van der Waals surface area contributed by atoms with Crippen molar-refractivity contribution in [2.24, 2.45) is 17.8 Å². The van der Waals surface area contributed by atoms with Gasteiger partial charge in [0.1, 0.15) is 8.37 Å². The Labute approximate surface area is 146 Å². The molecule has 0 radical (unpaired) electrons. The molecule has 23 heavy (non-hydrogen) atoms. The van der Waals surface area contributed by atoms with Gasteiger partial charge in [-0.05, 0) is 38.9 Å². The summed E-state index contributed by atoms with van der Waals surface area (Å²) in [5.74, 6) is 2.08. The van der Waals surface area contributed by atoms with E-state index in [1.165, 1.54) is 19.6 Å². The van der Waals surface area contributed by atoms with E-state index in [1.807, 2.05) is 0 Å². The molecule has 0 aromatic heterocycles. The highest BCUT2D eigenvalue weighted by molar-refractivity contribution is 7.50. The average molecular weight is 343 g/mol. The molecule has 0 aromatic carbocycles. The van der Waals surface area contributed by atoms with Gasteiger partial charge in [-0.15, -0.1) is 0 Å². The van der Waals surface area contributed by atoms with E-state index < -0.39 is 8.37 Å². The molecule has 0 N–H and O–H groups in total. The van der Waals surface area contributed by atoms with Crippen LogP contribution in [0.25, 0.3) is 0 Å². The molecule has 0 aromatic rings. The van der Waals surface area contributed by atoms with Crippen LogP contribution in [0, 0.1) is 17.8 Å². The Morgan fingerprint density at radius 3 is 1.09 bits per heavy atom. The summed E-state index contributed by atoms with van der Waals surface area (Å²) in [6.45, 7) is 18.0. The predicted molar refractivity (Wildman–Crippen MR) is 103 cm³/mol. The second-order valence-corrected chi connectivity index (χ2v) is 11.1. The van der Waals surface area contributed by atoms with Gasteiger partial charge in [0.25, 0.3) is 0 Å². The zero-order valence-corrected chi connectivity index (χ0v) is 17.7. The topological polar surface area (TPSA) is 13.0 Å². The Morgan fingerprint density at radius 1 is 0.609 bits per heavy atom. The fourth-order valence-corrected chi connectivity index (χ4v) is 7.51. The predicted octanol–water partition coefficient (Wildman–Crippen LogP) is 3.41. The molecule has 3 saturated heterocycles. The molecule has 3 aliphatic rings. The van der Waals surface area contributed by atoms with Crippen LogP contribution < -0.4 is 0 Å². The van der Waals surface area contributed by atoms with Crippen LogP contribution in [0.4, 0.5) is 0 Å². The monoisotopic (exact) mass is 342 g/mol. The fraction of sp³-hybridized carbons (Fsp3) is 1.00. The van der Waals surface area contributed by atoms with Gasteiger partial charge in [-0.2, -0.15) is 0 Å². The molecule has 0 aliphatic carbocycles. The average Bonchev–Trinajstić information content (AvgIpc) is 2.41. The molecule has 5 heteroatoms. The minimum atomic E-state index is -0.403. The SMILES string of the molecule is CC(C)[C@H]1CN2C[C@H](C(C)C)N(C)P(N1C)N(C)[C@@H](C(C)C)C2. The van der Waals surface area contributed by atoms with Crippen LogP contribution in [0.15, 0.2) is 0 Å². The summed E-state index contributed by atoms with van der Waals surface area (Å²) < 4.78 is 8.11. The summed E-state index contributed by atoms with van der Waals surface area (Å²) in [5.41, 5.74) is 0. The largest absolute Gasteiger partial charge is 0.299 e.